The zero-order chi connectivity index (χ0) is 17.9. The fraction of sp³-hybridized carbons (Fsp3) is 0.611. The number of hydrogen-bond donors (Lipinski definition) is 2. The lowest BCUT2D eigenvalue weighted by Crippen LogP contribution is -2.32. The molecule has 0 aliphatic carbocycles. The summed E-state index contributed by atoms with van der Waals surface area (Å²) in [7, 11) is 3.78. The third kappa shape index (κ3) is 7.96. The second kappa shape index (κ2) is 13.0. The molecule has 0 amide bonds. The van der Waals surface area contributed by atoms with E-state index in [1.807, 2.05) is 18.2 Å². The Bertz CT molecular complexity index is 557. The molecule has 0 aromatic heterocycles. The molecule has 8 heteroatoms. The van der Waals surface area contributed by atoms with E-state index < -0.39 is 0 Å². The first-order chi connectivity index (χ1) is 12.2. The fourth-order valence-corrected chi connectivity index (χ4v) is 2.38. The van der Waals surface area contributed by atoms with Gasteiger partial charge < -0.3 is 29.7 Å². The summed E-state index contributed by atoms with van der Waals surface area (Å²) in [6, 6.07) is 5.87. The molecule has 0 saturated heterocycles. The minimum Gasteiger partial charge on any atom is -0.490 e. The molecule has 0 unspecified atom stereocenters. The van der Waals surface area contributed by atoms with Gasteiger partial charge in [0.25, 0.3) is 0 Å². The van der Waals surface area contributed by atoms with Gasteiger partial charge >= 0.3 is 0 Å². The number of benzene rings is 1. The van der Waals surface area contributed by atoms with Crippen LogP contribution in [0.3, 0.4) is 0 Å². The molecule has 0 radical (unpaired) electrons. The first-order valence-corrected chi connectivity index (χ1v) is 8.85. The Morgan fingerprint density at radius 2 is 2.00 bits per heavy atom. The van der Waals surface area contributed by atoms with Gasteiger partial charge in [0, 0.05) is 44.9 Å². The highest BCUT2D eigenvalue weighted by Gasteiger charge is 2.11. The maximum atomic E-state index is 5.74. The number of guanidine groups is 1. The summed E-state index contributed by atoms with van der Waals surface area (Å²) in [4.78, 5) is 6.83. The third-order valence-corrected chi connectivity index (χ3v) is 3.78. The summed E-state index contributed by atoms with van der Waals surface area (Å²) in [6.07, 6.45) is 0.901. The molecular weight excluding hydrogens is 447 g/mol. The van der Waals surface area contributed by atoms with Crippen LogP contribution in [0.4, 0.5) is 5.69 Å². The number of methoxy groups -OCH3 is 1. The Balaban J connectivity index is 0.00000338. The number of halogens is 1. The van der Waals surface area contributed by atoms with Crippen molar-refractivity contribution in [2.45, 2.75) is 13.3 Å². The maximum absolute atomic E-state index is 5.74. The Hall–Kier alpha value is -1.26. The number of nitrogens with one attached hydrogen (secondary N) is 2. The smallest absolute Gasteiger partial charge is 0.195 e. The van der Waals surface area contributed by atoms with Gasteiger partial charge in [-0.15, -0.1) is 24.0 Å². The van der Waals surface area contributed by atoms with E-state index in [0.29, 0.717) is 19.8 Å². The van der Waals surface area contributed by atoms with Crippen molar-refractivity contribution in [3.05, 3.63) is 18.2 Å². The van der Waals surface area contributed by atoms with E-state index in [2.05, 4.69) is 34.5 Å². The minimum absolute atomic E-state index is 0. The van der Waals surface area contributed by atoms with Crippen LogP contribution in [0.1, 0.15) is 13.3 Å². The van der Waals surface area contributed by atoms with E-state index in [0.717, 1.165) is 55.8 Å². The number of likely N-dealkylation sites (N-methyl/N-ethyl adjacent to an activating group) is 1. The highest BCUT2D eigenvalue weighted by Crippen LogP contribution is 2.32. The van der Waals surface area contributed by atoms with E-state index >= 15 is 0 Å². The standard InChI is InChI=1S/C18H30N4O3.HI/c1-4-19-18(20-8-9-22(2)10-13-23-3)21-15-6-7-16-17(14-15)25-12-5-11-24-16;/h6-7,14H,4-5,8-13H2,1-3H3,(H2,19,20,21);1H. The van der Waals surface area contributed by atoms with Gasteiger partial charge in [0.15, 0.2) is 17.5 Å². The van der Waals surface area contributed by atoms with Gasteiger partial charge in [-0.2, -0.15) is 0 Å². The van der Waals surface area contributed by atoms with Crippen LogP contribution in [-0.4, -0.2) is 71.0 Å². The predicted molar refractivity (Wildman–Crippen MR) is 116 cm³/mol. The molecule has 0 saturated carbocycles. The van der Waals surface area contributed by atoms with Crippen molar-refractivity contribution >= 4 is 35.6 Å². The van der Waals surface area contributed by atoms with Gasteiger partial charge in [0.05, 0.1) is 26.4 Å². The molecule has 2 rings (SSSR count). The second-order valence-corrected chi connectivity index (χ2v) is 5.89. The number of hydrogen-bond acceptors (Lipinski definition) is 5. The van der Waals surface area contributed by atoms with Crippen LogP contribution in [0.25, 0.3) is 0 Å². The van der Waals surface area contributed by atoms with Gasteiger partial charge in [0.1, 0.15) is 0 Å². The Kier molecular flexibility index (Phi) is 11.4. The molecule has 2 N–H and O–H groups in total. The van der Waals surface area contributed by atoms with Crippen LogP contribution in [0.5, 0.6) is 11.5 Å². The van der Waals surface area contributed by atoms with Crippen LogP contribution in [0.15, 0.2) is 23.2 Å². The Morgan fingerprint density at radius 1 is 1.23 bits per heavy atom. The predicted octanol–water partition coefficient (Wildman–Crippen LogP) is 2.42. The van der Waals surface area contributed by atoms with E-state index in [4.69, 9.17) is 14.2 Å². The molecule has 0 atom stereocenters. The number of aliphatic imine (C=N–C) groups is 1. The SMILES string of the molecule is CCNC(=NCCN(C)CCOC)Nc1ccc2c(c1)OCCCO2.I. The zero-order valence-corrected chi connectivity index (χ0v) is 18.2. The minimum atomic E-state index is 0. The molecule has 1 aromatic rings. The first kappa shape index (κ1) is 22.8. The molecule has 1 aliphatic rings. The molecule has 1 heterocycles. The summed E-state index contributed by atoms with van der Waals surface area (Å²) in [5.41, 5.74) is 0.927. The topological polar surface area (TPSA) is 67.4 Å². The van der Waals surface area contributed by atoms with Gasteiger partial charge in [-0.25, -0.2) is 0 Å². The summed E-state index contributed by atoms with van der Waals surface area (Å²) in [5.74, 6) is 2.33. The summed E-state index contributed by atoms with van der Waals surface area (Å²) >= 11 is 0. The fourth-order valence-electron chi connectivity index (χ4n) is 2.38. The van der Waals surface area contributed by atoms with Crippen molar-refractivity contribution in [2.75, 3.05) is 65.5 Å². The molecule has 1 aromatic carbocycles. The van der Waals surface area contributed by atoms with Crippen LogP contribution in [-0.2, 0) is 4.74 Å². The molecule has 7 nitrogen and oxygen atoms in total. The van der Waals surface area contributed by atoms with Crippen molar-refractivity contribution < 1.29 is 14.2 Å². The quantitative estimate of drug-likeness (QED) is 0.340. The number of fused-ring (bicyclic) bond motifs is 1. The van der Waals surface area contributed by atoms with E-state index in [1.165, 1.54) is 0 Å². The van der Waals surface area contributed by atoms with Gasteiger partial charge in [-0.3, -0.25) is 4.99 Å². The molecule has 0 bridgehead atoms. The van der Waals surface area contributed by atoms with Crippen molar-refractivity contribution in [1.82, 2.24) is 10.2 Å². The lowest BCUT2D eigenvalue weighted by atomic mass is 10.3. The Labute approximate surface area is 173 Å². The number of nitrogens with zero attached hydrogens (tertiary/aromatic N) is 2. The van der Waals surface area contributed by atoms with Crippen LogP contribution >= 0.6 is 24.0 Å². The first-order valence-electron chi connectivity index (χ1n) is 8.85. The summed E-state index contributed by atoms with van der Waals surface area (Å²) in [6.45, 7) is 7.44. The number of anilines is 1. The molecule has 26 heavy (non-hydrogen) atoms. The van der Waals surface area contributed by atoms with Crippen molar-refractivity contribution in [2.24, 2.45) is 4.99 Å². The monoisotopic (exact) mass is 478 g/mol. The van der Waals surface area contributed by atoms with E-state index in [9.17, 15) is 0 Å². The van der Waals surface area contributed by atoms with Crippen molar-refractivity contribution in [3.63, 3.8) is 0 Å². The maximum Gasteiger partial charge on any atom is 0.195 e. The largest absolute Gasteiger partial charge is 0.490 e. The zero-order valence-electron chi connectivity index (χ0n) is 15.9. The lowest BCUT2D eigenvalue weighted by molar-refractivity contribution is 0.163. The summed E-state index contributed by atoms with van der Waals surface area (Å²) < 4.78 is 16.5. The molecule has 0 fully saturated rings. The van der Waals surface area contributed by atoms with Crippen LogP contribution < -0.4 is 20.1 Å². The van der Waals surface area contributed by atoms with Crippen LogP contribution in [0.2, 0.25) is 0 Å². The summed E-state index contributed by atoms with van der Waals surface area (Å²) in [5, 5.41) is 6.59. The van der Waals surface area contributed by atoms with E-state index in [-0.39, 0.29) is 24.0 Å². The molecule has 1 aliphatic heterocycles. The number of rotatable bonds is 8. The Morgan fingerprint density at radius 3 is 2.73 bits per heavy atom. The average Bonchev–Trinajstić information content (AvgIpc) is 2.85. The van der Waals surface area contributed by atoms with E-state index in [1.54, 1.807) is 7.11 Å². The van der Waals surface area contributed by atoms with Gasteiger partial charge in [0.2, 0.25) is 0 Å². The normalized spacial score (nSPS) is 13.8. The van der Waals surface area contributed by atoms with Crippen molar-refractivity contribution in [3.8, 4) is 11.5 Å². The van der Waals surface area contributed by atoms with Crippen LogP contribution in [0, 0.1) is 0 Å². The van der Waals surface area contributed by atoms with Crippen molar-refractivity contribution in [1.29, 1.82) is 0 Å². The van der Waals surface area contributed by atoms with Gasteiger partial charge in [-0.05, 0) is 26.1 Å². The third-order valence-electron chi connectivity index (χ3n) is 3.78. The lowest BCUT2D eigenvalue weighted by Gasteiger charge is -2.16. The molecule has 148 valence electrons. The molecule has 0 spiro atoms. The highest BCUT2D eigenvalue weighted by atomic mass is 127. The molecular formula is C18H31IN4O3. The number of ether oxygens (including phenoxy) is 3. The van der Waals surface area contributed by atoms with Gasteiger partial charge in [-0.1, -0.05) is 0 Å². The average molecular weight is 478 g/mol. The highest BCUT2D eigenvalue weighted by molar-refractivity contribution is 14.0. The second-order valence-electron chi connectivity index (χ2n) is 5.89.